The van der Waals surface area contributed by atoms with Crippen LogP contribution in [0, 0.1) is 10.1 Å². The van der Waals surface area contributed by atoms with Gasteiger partial charge < -0.3 is 9.73 Å². The molecule has 0 bridgehead atoms. The highest BCUT2D eigenvalue weighted by Crippen LogP contribution is 2.31. The Balaban J connectivity index is 1.48. The minimum Gasteiger partial charge on any atom is -0.456 e. The highest BCUT2D eigenvalue weighted by molar-refractivity contribution is 6.21. The van der Waals surface area contributed by atoms with Gasteiger partial charge in [0.1, 0.15) is 11.5 Å². The number of carbonyl (C=O) groups excluding carboxylic acids is 3. The molecule has 1 N–H and O–H groups in total. The lowest BCUT2D eigenvalue weighted by Crippen LogP contribution is -2.24. The van der Waals surface area contributed by atoms with Crippen molar-refractivity contribution >= 4 is 35.2 Å². The number of nitro benzene ring substituents is 1. The van der Waals surface area contributed by atoms with Crippen molar-refractivity contribution in [1.29, 1.82) is 0 Å². The van der Waals surface area contributed by atoms with Crippen LogP contribution in [0.2, 0.25) is 0 Å². The third kappa shape index (κ3) is 3.71. The van der Waals surface area contributed by atoms with Crippen LogP contribution in [-0.4, -0.2) is 34.6 Å². The molecule has 1 aromatic heterocycles. The van der Waals surface area contributed by atoms with E-state index in [0.29, 0.717) is 28.3 Å². The van der Waals surface area contributed by atoms with Gasteiger partial charge in [0.05, 0.1) is 21.6 Å². The maximum absolute atomic E-state index is 12.2. The molecule has 2 aromatic carbocycles. The summed E-state index contributed by atoms with van der Waals surface area (Å²) < 4.78 is 5.60. The average molecular weight is 417 g/mol. The van der Waals surface area contributed by atoms with Gasteiger partial charge in [-0.25, -0.2) is 0 Å². The van der Waals surface area contributed by atoms with E-state index in [1.165, 1.54) is 43.5 Å². The number of rotatable bonds is 5. The van der Waals surface area contributed by atoms with Crippen molar-refractivity contribution in [1.82, 2.24) is 4.90 Å². The number of benzene rings is 2. The third-order valence-electron chi connectivity index (χ3n) is 4.75. The molecule has 0 atom stereocenters. The summed E-state index contributed by atoms with van der Waals surface area (Å²) >= 11 is 0. The molecule has 0 saturated carbocycles. The van der Waals surface area contributed by atoms with Gasteiger partial charge in [0, 0.05) is 24.9 Å². The van der Waals surface area contributed by atoms with Crippen LogP contribution in [0.25, 0.3) is 17.4 Å². The molecule has 3 amide bonds. The molecule has 0 aliphatic carbocycles. The number of hydrogen-bond acceptors (Lipinski definition) is 6. The minimum atomic E-state index is -0.493. The van der Waals surface area contributed by atoms with Gasteiger partial charge in [0.15, 0.2) is 0 Å². The van der Waals surface area contributed by atoms with Gasteiger partial charge in [-0.15, -0.1) is 0 Å². The second-order valence-corrected chi connectivity index (χ2v) is 6.73. The van der Waals surface area contributed by atoms with Crippen molar-refractivity contribution in [2.45, 2.75) is 0 Å². The molecule has 0 spiro atoms. The summed E-state index contributed by atoms with van der Waals surface area (Å²) in [6.45, 7) is 0. The molecule has 31 heavy (non-hydrogen) atoms. The molecule has 4 rings (SSSR count). The van der Waals surface area contributed by atoms with Gasteiger partial charge >= 0.3 is 0 Å². The van der Waals surface area contributed by atoms with Crippen molar-refractivity contribution < 1.29 is 23.7 Å². The van der Waals surface area contributed by atoms with Gasteiger partial charge in [-0.05, 0) is 42.5 Å². The van der Waals surface area contributed by atoms with Crippen molar-refractivity contribution in [3.63, 3.8) is 0 Å². The molecule has 0 saturated heterocycles. The van der Waals surface area contributed by atoms with E-state index in [-0.39, 0.29) is 17.2 Å². The van der Waals surface area contributed by atoms with Crippen molar-refractivity contribution in [3.05, 3.63) is 87.7 Å². The number of para-hydroxylation sites is 1. The van der Waals surface area contributed by atoms with Crippen molar-refractivity contribution in [2.24, 2.45) is 0 Å². The molecule has 1 aliphatic heterocycles. The van der Waals surface area contributed by atoms with E-state index >= 15 is 0 Å². The number of nitrogens with one attached hydrogen (secondary N) is 1. The summed E-state index contributed by atoms with van der Waals surface area (Å²) in [6.07, 6.45) is 2.65. The number of furan rings is 1. The Kier molecular flexibility index (Phi) is 4.92. The lowest BCUT2D eigenvalue weighted by molar-refractivity contribution is -0.384. The van der Waals surface area contributed by atoms with Gasteiger partial charge in [0.2, 0.25) is 5.91 Å². The first-order valence-electron chi connectivity index (χ1n) is 9.14. The topological polar surface area (TPSA) is 123 Å². The fraction of sp³-hybridized carbons (Fsp3) is 0.0455. The predicted molar refractivity (Wildman–Crippen MR) is 111 cm³/mol. The predicted octanol–water partition coefficient (Wildman–Crippen LogP) is 3.73. The van der Waals surface area contributed by atoms with Gasteiger partial charge in [-0.1, -0.05) is 12.1 Å². The van der Waals surface area contributed by atoms with Crippen LogP contribution < -0.4 is 5.32 Å². The SMILES string of the molecule is CN1C(=O)c2ccc(NC(=O)/C=C/c3ccc(-c4ccccc4[N+](=O)[O-])o3)cc2C1=O. The normalized spacial score (nSPS) is 13.0. The highest BCUT2D eigenvalue weighted by Gasteiger charge is 2.32. The number of carbonyl (C=O) groups is 3. The smallest absolute Gasteiger partial charge is 0.280 e. The quantitative estimate of drug-likeness (QED) is 0.292. The van der Waals surface area contributed by atoms with Crippen LogP contribution >= 0.6 is 0 Å². The monoisotopic (exact) mass is 417 g/mol. The lowest BCUT2D eigenvalue weighted by atomic mass is 10.1. The number of imide groups is 1. The van der Waals surface area contributed by atoms with Crippen LogP contribution in [0.3, 0.4) is 0 Å². The standard InChI is InChI=1S/C22H15N3O6/c1-24-21(27)15-9-6-13(12-17(15)22(24)28)23-20(26)11-8-14-7-10-19(31-14)16-4-2-3-5-18(16)25(29)30/h2-12H,1H3,(H,23,26)/b11-8+. The Morgan fingerprint density at radius 1 is 1.03 bits per heavy atom. The molecular weight excluding hydrogens is 402 g/mol. The molecular formula is C22H15N3O6. The zero-order chi connectivity index (χ0) is 22.1. The number of anilines is 1. The van der Waals surface area contributed by atoms with Crippen LogP contribution in [0.5, 0.6) is 0 Å². The number of amides is 3. The Hall–Kier alpha value is -4.53. The Labute approximate surface area is 175 Å². The molecule has 9 nitrogen and oxygen atoms in total. The molecule has 1 aliphatic rings. The Morgan fingerprint density at radius 2 is 1.77 bits per heavy atom. The fourth-order valence-electron chi connectivity index (χ4n) is 3.21. The summed E-state index contributed by atoms with van der Waals surface area (Å²) in [6, 6.07) is 13.8. The fourth-order valence-corrected chi connectivity index (χ4v) is 3.21. The largest absolute Gasteiger partial charge is 0.456 e. The Morgan fingerprint density at radius 3 is 2.55 bits per heavy atom. The van der Waals surface area contributed by atoms with E-state index < -0.39 is 16.7 Å². The second-order valence-electron chi connectivity index (χ2n) is 6.73. The van der Waals surface area contributed by atoms with Crippen LogP contribution in [0.4, 0.5) is 11.4 Å². The molecule has 0 unspecified atom stereocenters. The first-order valence-corrected chi connectivity index (χ1v) is 9.14. The van der Waals surface area contributed by atoms with E-state index in [2.05, 4.69) is 5.32 Å². The molecule has 3 aromatic rings. The van der Waals surface area contributed by atoms with Crippen LogP contribution in [0.15, 0.2) is 65.1 Å². The average Bonchev–Trinajstić information content (AvgIpc) is 3.32. The summed E-state index contributed by atoms with van der Waals surface area (Å²) in [5.41, 5.74) is 1.14. The zero-order valence-corrected chi connectivity index (χ0v) is 16.2. The summed E-state index contributed by atoms with van der Waals surface area (Å²) in [5.74, 6) is -0.651. The third-order valence-corrected chi connectivity index (χ3v) is 4.75. The van der Waals surface area contributed by atoms with Gasteiger partial charge in [-0.3, -0.25) is 29.4 Å². The number of fused-ring (bicyclic) bond motifs is 1. The van der Waals surface area contributed by atoms with Crippen LogP contribution in [-0.2, 0) is 4.79 Å². The Bertz CT molecular complexity index is 1270. The molecule has 0 fully saturated rings. The minimum absolute atomic E-state index is 0.0830. The van der Waals surface area contributed by atoms with E-state index in [1.54, 1.807) is 30.3 Å². The summed E-state index contributed by atoms with van der Waals surface area (Å²) in [5, 5.41) is 13.8. The van der Waals surface area contributed by atoms with Crippen molar-refractivity contribution in [2.75, 3.05) is 12.4 Å². The summed E-state index contributed by atoms with van der Waals surface area (Å²) in [7, 11) is 1.40. The molecule has 154 valence electrons. The molecule has 9 heteroatoms. The van der Waals surface area contributed by atoms with E-state index in [0.717, 1.165) is 4.90 Å². The number of nitro groups is 1. The van der Waals surface area contributed by atoms with E-state index in [4.69, 9.17) is 4.42 Å². The van der Waals surface area contributed by atoms with Gasteiger partial charge in [-0.2, -0.15) is 0 Å². The molecule has 2 heterocycles. The lowest BCUT2D eigenvalue weighted by Gasteiger charge is -2.03. The van der Waals surface area contributed by atoms with Crippen molar-refractivity contribution in [3.8, 4) is 11.3 Å². The molecule has 0 radical (unpaired) electrons. The number of nitrogens with zero attached hydrogens (tertiary/aromatic N) is 2. The first-order chi connectivity index (χ1) is 14.8. The highest BCUT2D eigenvalue weighted by atomic mass is 16.6. The maximum Gasteiger partial charge on any atom is 0.280 e. The van der Waals surface area contributed by atoms with E-state index in [9.17, 15) is 24.5 Å². The first kappa shape index (κ1) is 19.8. The number of hydrogen-bond donors (Lipinski definition) is 1. The summed E-state index contributed by atoms with van der Waals surface area (Å²) in [4.78, 5) is 47.9. The maximum atomic E-state index is 12.2. The van der Waals surface area contributed by atoms with Crippen LogP contribution in [0.1, 0.15) is 26.5 Å². The van der Waals surface area contributed by atoms with Gasteiger partial charge in [0.25, 0.3) is 17.5 Å². The van der Waals surface area contributed by atoms with E-state index in [1.807, 2.05) is 0 Å². The second kappa shape index (κ2) is 7.71. The zero-order valence-electron chi connectivity index (χ0n) is 16.2.